The highest BCUT2D eigenvalue weighted by Gasteiger charge is 2.03. The zero-order valence-electron chi connectivity index (χ0n) is 18.8. The van der Waals surface area contributed by atoms with Gasteiger partial charge in [0, 0.05) is 17.6 Å². The Bertz CT molecular complexity index is 933. The van der Waals surface area contributed by atoms with Crippen molar-refractivity contribution < 1.29 is 4.74 Å². The van der Waals surface area contributed by atoms with E-state index in [1.165, 1.54) is 0 Å². The van der Waals surface area contributed by atoms with Gasteiger partial charge in [-0.25, -0.2) is 0 Å². The van der Waals surface area contributed by atoms with E-state index in [9.17, 15) is 0 Å². The van der Waals surface area contributed by atoms with Crippen molar-refractivity contribution in [2.45, 2.75) is 27.2 Å². The standard InChI is InChI=1S/C28H34N2O/c1-5-20-31-27-17-14-24(15-18-27)23(4)21-28(25-10-7-6-8-11-25)30-19-9-12-26(29)16-13-22(2)3/h6-19,21-22,30H,4-5,20,29H2,1-3H3/b16-13-,19-9+,26-12+,28-21-. The summed E-state index contributed by atoms with van der Waals surface area (Å²) < 4.78 is 5.67. The third kappa shape index (κ3) is 8.83. The molecule has 0 saturated carbocycles. The van der Waals surface area contributed by atoms with Gasteiger partial charge in [-0.05, 0) is 65.5 Å². The molecule has 2 aromatic rings. The van der Waals surface area contributed by atoms with Crippen molar-refractivity contribution in [3.63, 3.8) is 0 Å². The van der Waals surface area contributed by atoms with Crippen LogP contribution in [0, 0.1) is 5.92 Å². The highest BCUT2D eigenvalue weighted by atomic mass is 16.5. The summed E-state index contributed by atoms with van der Waals surface area (Å²) in [6, 6.07) is 18.2. The minimum Gasteiger partial charge on any atom is -0.494 e. The Morgan fingerprint density at radius 3 is 2.42 bits per heavy atom. The van der Waals surface area contributed by atoms with Crippen LogP contribution in [-0.2, 0) is 0 Å². The Balaban J connectivity index is 2.16. The second kappa shape index (κ2) is 13.0. The summed E-state index contributed by atoms with van der Waals surface area (Å²) in [6.45, 7) is 11.3. The number of nitrogens with one attached hydrogen (secondary N) is 1. The molecule has 2 aromatic carbocycles. The van der Waals surface area contributed by atoms with Gasteiger partial charge in [-0.3, -0.25) is 0 Å². The number of hydrogen-bond acceptors (Lipinski definition) is 3. The van der Waals surface area contributed by atoms with E-state index >= 15 is 0 Å². The Hall–Kier alpha value is -3.46. The molecule has 0 heterocycles. The summed E-state index contributed by atoms with van der Waals surface area (Å²) in [5, 5.41) is 3.37. The molecule has 162 valence electrons. The molecule has 31 heavy (non-hydrogen) atoms. The van der Waals surface area contributed by atoms with Gasteiger partial charge in [0.1, 0.15) is 5.75 Å². The summed E-state index contributed by atoms with van der Waals surface area (Å²) >= 11 is 0. The Kier molecular flexibility index (Phi) is 9.96. The van der Waals surface area contributed by atoms with Crippen LogP contribution in [0.2, 0.25) is 0 Å². The number of nitrogens with two attached hydrogens (primary N) is 1. The summed E-state index contributed by atoms with van der Waals surface area (Å²) in [4.78, 5) is 0. The molecule has 2 rings (SSSR count). The van der Waals surface area contributed by atoms with Gasteiger partial charge in [0.2, 0.25) is 0 Å². The molecule has 0 radical (unpaired) electrons. The largest absolute Gasteiger partial charge is 0.494 e. The van der Waals surface area contributed by atoms with Crippen molar-refractivity contribution in [2.24, 2.45) is 11.7 Å². The molecule has 0 atom stereocenters. The lowest BCUT2D eigenvalue weighted by Gasteiger charge is -2.10. The van der Waals surface area contributed by atoms with Crippen LogP contribution >= 0.6 is 0 Å². The minimum atomic E-state index is 0.472. The van der Waals surface area contributed by atoms with Gasteiger partial charge < -0.3 is 15.8 Å². The minimum absolute atomic E-state index is 0.472. The van der Waals surface area contributed by atoms with Crippen LogP contribution in [0.5, 0.6) is 5.75 Å². The second-order valence-corrected chi connectivity index (χ2v) is 7.60. The molecule has 0 aliphatic carbocycles. The van der Waals surface area contributed by atoms with Crippen LogP contribution in [0.25, 0.3) is 11.3 Å². The maximum absolute atomic E-state index is 6.01. The molecule has 0 aromatic heterocycles. The van der Waals surface area contributed by atoms with Crippen LogP contribution in [0.15, 0.2) is 103 Å². The maximum Gasteiger partial charge on any atom is 0.119 e. The quantitative estimate of drug-likeness (QED) is 0.403. The fourth-order valence-electron chi connectivity index (χ4n) is 2.72. The van der Waals surface area contributed by atoms with Crippen LogP contribution in [-0.4, -0.2) is 6.61 Å². The molecular formula is C28H34N2O. The first kappa shape index (κ1) is 23.8. The zero-order chi connectivity index (χ0) is 22.5. The van der Waals surface area contributed by atoms with E-state index in [0.29, 0.717) is 11.6 Å². The zero-order valence-corrected chi connectivity index (χ0v) is 18.8. The number of hydrogen-bond donors (Lipinski definition) is 2. The van der Waals surface area contributed by atoms with Crippen molar-refractivity contribution in [1.82, 2.24) is 5.32 Å². The van der Waals surface area contributed by atoms with E-state index < -0.39 is 0 Å². The van der Waals surface area contributed by atoms with Crippen LogP contribution in [0.1, 0.15) is 38.3 Å². The lowest BCUT2D eigenvalue weighted by Crippen LogP contribution is -2.04. The number of ether oxygens (including phenoxy) is 1. The smallest absolute Gasteiger partial charge is 0.119 e. The monoisotopic (exact) mass is 414 g/mol. The van der Waals surface area contributed by atoms with Gasteiger partial charge in [0.05, 0.1) is 6.61 Å². The Morgan fingerprint density at radius 1 is 1.06 bits per heavy atom. The predicted octanol–water partition coefficient (Wildman–Crippen LogP) is 6.69. The predicted molar refractivity (Wildman–Crippen MR) is 134 cm³/mol. The fourth-order valence-corrected chi connectivity index (χ4v) is 2.72. The van der Waals surface area contributed by atoms with E-state index in [1.54, 1.807) is 0 Å². The average Bonchev–Trinajstić information content (AvgIpc) is 2.79. The van der Waals surface area contributed by atoms with Crippen LogP contribution in [0.4, 0.5) is 0 Å². The van der Waals surface area contributed by atoms with Crippen molar-refractivity contribution in [1.29, 1.82) is 0 Å². The first-order valence-corrected chi connectivity index (χ1v) is 10.8. The highest BCUT2D eigenvalue weighted by Crippen LogP contribution is 2.22. The van der Waals surface area contributed by atoms with E-state index in [2.05, 4.69) is 50.9 Å². The van der Waals surface area contributed by atoms with Crippen molar-refractivity contribution in [3.8, 4) is 5.75 Å². The second-order valence-electron chi connectivity index (χ2n) is 7.60. The van der Waals surface area contributed by atoms with Gasteiger partial charge in [-0.15, -0.1) is 0 Å². The molecule has 0 aliphatic rings. The Morgan fingerprint density at radius 2 is 1.77 bits per heavy atom. The Labute approximate surface area is 187 Å². The summed E-state index contributed by atoms with van der Waals surface area (Å²) in [7, 11) is 0. The average molecular weight is 415 g/mol. The fraction of sp³-hybridized carbons (Fsp3) is 0.214. The third-order valence-electron chi connectivity index (χ3n) is 4.40. The molecule has 0 bridgehead atoms. The van der Waals surface area contributed by atoms with Crippen molar-refractivity contribution in [3.05, 3.63) is 115 Å². The molecule has 0 saturated heterocycles. The molecule has 3 heteroatoms. The summed E-state index contributed by atoms with van der Waals surface area (Å²) in [6.07, 6.45) is 12.7. The highest BCUT2D eigenvalue weighted by molar-refractivity contribution is 5.82. The topological polar surface area (TPSA) is 47.3 Å². The van der Waals surface area contributed by atoms with E-state index in [-0.39, 0.29) is 0 Å². The van der Waals surface area contributed by atoms with Gasteiger partial charge >= 0.3 is 0 Å². The molecule has 0 spiro atoms. The molecule has 0 amide bonds. The van der Waals surface area contributed by atoms with Gasteiger partial charge in [-0.2, -0.15) is 0 Å². The molecule has 3 N–H and O–H groups in total. The van der Waals surface area contributed by atoms with Crippen LogP contribution in [0.3, 0.4) is 0 Å². The van der Waals surface area contributed by atoms with Crippen molar-refractivity contribution in [2.75, 3.05) is 6.61 Å². The normalized spacial score (nSPS) is 12.6. The number of rotatable bonds is 11. The lowest BCUT2D eigenvalue weighted by molar-refractivity contribution is 0.317. The maximum atomic E-state index is 6.01. The van der Waals surface area contributed by atoms with Gasteiger partial charge in [0.15, 0.2) is 0 Å². The van der Waals surface area contributed by atoms with E-state index in [1.807, 2.05) is 73.0 Å². The van der Waals surface area contributed by atoms with Crippen molar-refractivity contribution >= 4 is 11.3 Å². The first-order valence-electron chi connectivity index (χ1n) is 10.8. The first-order chi connectivity index (χ1) is 15.0. The van der Waals surface area contributed by atoms with Gasteiger partial charge in [0.25, 0.3) is 0 Å². The van der Waals surface area contributed by atoms with E-state index in [4.69, 9.17) is 10.5 Å². The molecule has 0 aliphatic heterocycles. The van der Waals surface area contributed by atoms with Crippen LogP contribution < -0.4 is 15.8 Å². The molecular weight excluding hydrogens is 380 g/mol. The lowest BCUT2D eigenvalue weighted by atomic mass is 10.0. The molecule has 0 fully saturated rings. The summed E-state index contributed by atoms with van der Waals surface area (Å²) in [5.41, 5.74) is 10.7. The number of benzene rings is 2. The summed E-state index contributed by atoms with van der Waals surface area (Å²) in [5.74, 6) is 1.35. The van der Waals surface area contributed by atoms with E-state index in [0.717, 1.165) is 41.2 Å². The molecule has 3 nitrogen and oxygen atoms in total. The number of allylic oxidation sites excluding steroid dienone is 6. The molecule has 0 unspecified atom stereocenters. The van der Waals surface area contributed by atoms with Gasteiger partial charge in [-0.1, -0.05) is 75.9 Å². The third-order valence-corrected chi connectivity index (χ3v) is 4.40. The SMILES string of the molecule is C=C(/C=C(\N/C=C/C=C(N)\C=C/C(C)C)c1ccccc1)c1ccc(OCCC)cc1.